The number of hydrogen-bond donors (Lipinski definition) is 1. The van der Waals surface area contributed by atoms with Gasteiger partial charge in [0, 0.05) is 5.39 Å². The van der Waals surface area contributed by atoms with Crippen molar-refractivity contribution in [1.29, 1.82) is 0 Å². The molecule has 0 aliphatic carbocycles. The SMILES string of the molecule is Nc1nc(Sc2cc(F)ccc2F)c2ccsc2n1. The Morgan fingerprint density at radius 3 is 2.84 bits per heavy atom. The standard InChI is InChI=1S/C12H7F2N3S2/c13-6-1-2-8(14)9(5-6)19-11-7-3-4-18-10(7)16-12(15)17-11/h1-5H,(H2,15,16,17). The number of nitrogen functional groups attached to an aromatic ring is 1. The number of thiophene rings is 1. The molecule has 0 radical (unpaired) electrons. The number of benzene rings is 1. The Bertz CT molecular complexity index is 758. The van der Waals surface area contributed by atoms with Crippen LogP contribution in [0.5, 0.6) is 0 Å². The molecule has 19 heavy (non-hydrogen) atoms. The van der Waals surface area contributed by atoms with Crippen molar-refractivity contribution in [2.45, 2.75) is 9.92 Å². The molecule has 0 aliphatic heterocycles. The fourth-order valence-electron chi connectivity index (χ4n) is 1.58. The largest absolute Gasteiger partial charge is 0.368 e. The van der Waals surface area contributed by atoms with E-state index in [9.17, 15) is 8.78 Å². The summed E-state index contributed by atoms with van der Waals surface area (Å²) < 4.78 is 26.8. The van der Waals surface area contributed by atoms with Crippen molar-refractivity contribution >= 4 is 39.3 Å². The van der Waals surface area contributed by atoms with E-state index in [-0.39, 0.29) is 10.8 Å². The van der Waals surface area contributed by atoms with Gasteiger partial charge in [-0.05, 0) is 29.6 Å². The molecule has 2 N–H and O–H groups in total. The average molecular weight is 295 g/mol. The minimum Gasteiger partial charge on any atom is -0.368 e. The maximum atomic E-state index is 13.6. The van der Waals surface area contributed by atoms with Crippen LogP contribution in [0, 0.1) is 11.6 Å². The molecule has 0 amide bonds. The first-order valence-electron chi connectivity index (χ1n) is 5.27. The summed E-state index contributed by atoms with van der Waals surface area (Å²) in [6.45, 7) is 0. The zero-order chi connectivity index (χ0) is 13.4. The van der Waals surface area contributed by atoms with Crippen molar-refractivity contribution in [3.05, 3.63) is 41.3 Å². The van der Waals surface area contributed by atoms with Gasteiger partial charge in [-0.25, -0.2) is 18.7 Å². The molecule has 1 aromatic carbocycles. The van der Waals surface area contributed by atoms with Crippen LogP contribution in [0.25, 0.3) is 10.2 Å². The maximum absolute atomic E-state index is 13.6. The monoisotopic (exact) mass is 295 g/mol. The van der Waals surface area contributed by atoms with Crippen molar-refractivity contribution < 1.29 is 8.78 Å². The number of anilines is 1. The van der Waals surface area contributed by atoms with Gasteiger partial charge in [-0.2, -0.15) is 0 Å². The number of halogens is 2. The Morgan fingerprint density at radius 1 is 1.16 bits per heavy atom. The van der Waals surface area contributed by atoms with Gasteiger partial charge < -0.3 is 5.73 Å². The first kappa shape index (κ1) is 12.3. The summed E-state index contributed by atoms with van der Waals surface area (Å²) in [7, 11) is 0. The van der Waals surface area contributed by atoms with Crippen LogP contribution in [0.4, 0.5) is 14.7 Å². The highest BCUT2D eigenvalue weighted by atomic mass is 32.2. The molecule has 2 heterocycles. The van der Waals surface area contributed by atoms with Crippen molar-refractivity contribution in [1.82, 2.24) is 9.97 Å². The lowest BCUT2D eigenvalue weighted by molar-refractivity contribution is 0.577. The fourth-order valence-corrected chi connectivity index (χ4v) is 3.38. The van der Waals surface area contributed by atoms with E-state index in [1.165, 1.54) is 11.3 Å². The molecular formula is C12H7F2N3S2. The molecule has 3 nitrogen and oxygen atoms in total. The van der Waals surface area contributed by atoms with E-state index in [4.69, 9.17) is 5.73 Å². The molecule has 0 atom stereocenters. The van der Waals surface area contributed by atoms with Gasteiger partial charge in [0.05, 0.1) is 4.90 Å². The van der Waals surface area contributed by atoms with Crippen molar-refractivity contribution in [3.63, 3.8) is 0 Å². The minimum absolute atomic E-state index is 0.120. The number of aromatic nitrogens is 2. The number of fused-ring (bicyclic) bond motifs is 1. The van der Waals surface area contributed by atoms with E-state index in [0.717, 1.165) is 40.2 Å². The summed E-state index contributed by atoms with van der Waals surface area (Å²) >= 11 is 2.46. The quantitative estimate of drug-likeness (QED) is 0.732. The summed E-state index contributed by atoms with van der Waals surface area (Å²) in [5.74, 6) is -0.867. The van der Waals surface area contributed by atoms with Gasteiger partial charge in [-0.15, -0.1) is 11.3 Å². The van der Waals surface area contributed by atoms with Gasteiger partial charge in [0.2, 0.25) is 5.95 Å². The third-order valence-electron chi connectivity index (χ3n) is 2.41. The normalized spacial score (nSPS) is 11.1. The molecule has 7 heteroatoms. The predicted molar refractivity (Wildman–Crippen MR) is 72.3 cm³/mol. The van der Waals surface area contributed by atoms with Crippen molar-refractivity contribution in [2.24, 2.45) is 0 Å². The van der Waals surface area contributed by atoms with Crippen LogP contribution in [0.15, 0.2) is 39.6 Å². The molecule has 0 fully saturated rings. The van der Waals surface area contributed by atoms with Gasteiger partial charge in [-0.3, -0.25) is 0 Å². The molecule has 0 saturated carbocycles. The van der Waals surface area contributed by atoms with E-state index < -0.39 is 11.6 Å². The number of nitrogens with zero attached hydrogens (tertiary/aromatic N) is 2. The lowest BCUT2D eigenvalue weighted by Crippen LogP contribution is -1.96. The molecular weight excluding hydrogens is 288 g/mol. The second-order valence-corrected chi connectivity index (χ2v) is 5.63. The van der Waals surface area contributed by atoms with Gasteiger partial charge in [0.25, 0.3) is 0 Å². The van der Waals surface area contributed by atoms with Crippen LogP contribution in [0.1, 0.15) is 0 Å². The van der Waals surface area contributed by atoms with Crippen LogP contribution < -0.4 is 5.73 Å². The second kappa shape index (κ2) is 4.75. The minimum atomic E-state index is -0.494. The Balaban J connectivity index is 2.10. The van der Waals surface area contributed by atoms with Gasteiger partial charge in [-0.1, -0.05) is 11.8 Å². The van der Waals surface area contributed by atoms with Gasteiger partial charge >= 0.3 is 0 Å². The predicted octanol–water partition coefficient (Wildman–Crippen LogP) is 3.70. The summed E-state index contributed by atoms with van der Waals surface area (Å²) in [4.78, 5) is 9.07. The molecule has 0 spiro atoms. The highest BCUT2D eigenvalue weighted by Crippen LogP contribution is 2.35. The number of rotatable bonds is 2. The topological polar surface area (TPSA) is 51.8 Å². The van der Waals surface area contributed by atoms with Gasteiger partial charge in [0.15, 0.2) is 0 Å². The Hall–Kier alpha value is -1.73. The number of nitrogens with two attached hydrogens (primary N) is 1. The van der Waals surface area contributed by atoms with E-state index >= 15 is 0 Å². The molecule has 0 saturated heterocycles. The lowest BCUT2D eigenvalue weighted by atomic mass is 10.3. The second-order valence-electron chi connectivity index (χ2n) is 3.70. The third kappa shape index (κ3) is 2.39. The highest BCUT2D eigenvalue weighted by Gasteiger charge is 2.12. The Labute approximate surface area is 115 Å². The summed E-state index contributed by atoms with van der Waals surface area (Å²) in [6.07, 6.45) is 0. The molecule has 2 aromatic heterocycles. The summed E-state index contributed by atoms with van der Waals surface area (Å²) in [5.41, 5.74) is 5.61. The van der Waals surface area contributed by atoms with E-state index in [1.807, 2.05) is 11.4 Å². The zero-order valence-electron chi connectivity index (χ0n) is 9.43. The van der Waals surface area contributed by atoms with Crippen molar-refractivity contribution in [3.8, 4) is 0 Å². The first-order chi connectivity index (χ1) is 9.13. The smallest absolute Gasteiger partial charge is 0.222 e. The summed E-state index contributed by atoms with van der Waals surface area (Å²) in [6, 6.07) is 5.14. The van der Waals surface area contributed by atoms with Crippen molar-refractivity contribution in [2.75, 3.05) is 5.73 Å². The van der Waals surface area contributed by atoms with Crippen LogP contribution in [-0.2, 0) is 0 Å². The molecule has 96 valence electrons. The average Bonchev–Trinajstić information content (AvgIpc) is 2.82. The molecule has 0 aliphatic rings. The van der Waals surface area contributed by atoms with Crippen LogP contribution >= 0.6 is 23.1 Å². The molecule has 3 aromatic rings. The maximum Gasteiger partial charge on any atom is 0.222 e. The fraction of sp³-hybridized carbons (Fsp3) is 0. The van der Waals surface area contributed by atoms with E-state index in [2.05, 4.69) is 9.97 Å². The highest BCUT2D eigenvalue weighted by molar-refractivity contribution is 7.99. The Kier molecular flexibility index (Phi) is 3.08. The molecule has 0 bridgehead atoms. The van der Waals surface area contributed by atoms with Crippen LogP contribution in [0.3, 0.4) is 0 Å². The number of hydrogen-bond acceptors (Lipinski definition) is 5. The van der Waals surface area contributed by atoms with Crippen LogP contribution in [0.2, 0.25) is 0 Å². The third-order valence-corrected chi connectivity index (χ3v) is 4.25. The Morgan fingerprint density at radius 2 is 2.00 bits per heavy atom. The van der Waals surface area contributed by atoms with Gasteiger partial charge in [0.1, 0.15) is 21.5 Å². The molecule has 3 rings (SSSR count). The zero-order valence-corrected chi connectivity index (χ0v) is 11.1. The summed E-state index contributed by atoms with van der Waals surface area (Å²) in [5, 5.41) is 3.16. The lowest BCUT2D eigenvalue weighted by Gasteiger charge is -2.04. The van der Waals surface area contributed by atoms with E-state index in [0.29, 0.717) is 5.03 Å². The molecule has 0 unspecified atom stereocenters. The van der Waals surface area contributed by atoms with Crippen LogP contribution in [-0.4, -0.2) is 9.97 Å². The first-order valence-corrected chi connectivity index (χ1v) is 6.97. The van der Waals surface area contributed by atoms with E-state index in [1.54, 1.807) is 0 Å².